The SMILES string of the molecule is Cc1ncc(Cl)cc1C[C@H]1C(=O)NCCCCCCC[C@H](N(C)C(=O)[C@@H](N)C2CC2)C(=O)NC(CC(C)C)C(=O)N1C. The van der Waals surface area contributed by atoms with E-state index in [2.05, 4.69) is 15.6 Å². The number of amides is 4. The third kappa shape index (κ3) is 9.39. The highest BCUT2D eigenvalue weighted by Gasteiger charge is 2.39. The normalized spacial score (nSPS) is 24.2. The maximum absolute atomic E-state index is 14.0. The first-order valence-corrected chi connectivity index (χ1v) is 15.8. The second kappa shape index (κ2) is 15.7. The maximum Gasteiger partial charge on any atom is 0.245 e. The molecule has 2 aliphatic rings. The molecule has 2 heterocycles. The van der Waals surface area contributed by atoms with E-state index in [-0.39, 0.29) is 41.9 Å². The minimum Gasteiger partial charge on any atom is -0.354 e. The third-order valence-corrected chi connectivity index (χ3v) is 8.70. The molecule has 4 atom stereocenters. The van der Waals surface area contributed by atoms with Gasteiger partial charge in [-0.1, -0.05) is 51.1 Å². The molecular formula is C31H49ClN6O4. The van der Waals surface area contributed by atoms with Crippen LogP contribution in [0.25, 0.3) is 0 Å². The van der Waals surface area contributed by atoms with Crippen molar-refractivity contribution in [1.29, 1.82) is 0 Å². The van der Waals surface area contributed by atoms with Gasteiger partial charge in [-0.15, -0.1) is 0 Å². The Morgan fingerprint density at radius 2 is 1.79 bits per heavy atom. The van der Waals surface area contributed by atoms with Gasteiger partial charge in [-0.3, -0.25) is 24.2 Å². The fourth-order valence-corrected chi connectivity index (χ4v) is 5.78. The molecule has 1 saturated carbocycles. The van der Waals surface area contributed by atoms with Crippen molar-refractivity contribution in [3.05, 3.63) is 28.5 Å². The summed E-state index contributed by atoms with van der Waals surface area (Å²) in [6.45, 7) is 6.31. The van der Waals surface area contributed by atoms with Crippen LogP contribution in [-0.4, -0.2) is 83.2 Å². The van der Waals surface area contributed by atoms with Gasteiger partial charge in [0, 0.05) is 39.0 Å². The quantitative estimate of drug-likeness (QED) is 0.437. The van der Waals surface area contributed by atoms with Gasteiger partial charge in [0.1, 0.15) is 18.1 Å². The molecule has 0 aromatic carbocycles. The van der Waals surface area contributed by atoms with Gasteiger partial charge < -0.3 is 26.2 Å². The zero-order valence-corrected chi connectivity index (χ0v) is 26.6. The van der Waals surface area contributed by atoms with E-state index in [0.29, 0.717) is 24.4 Å². The van der Waals surface area contributed by atoms with Gasteiger partial charge in [-0.25, -0.2) is 0 Å². The fraction of sp³-hybridized carbons (Fsp3) is 0.710. The summed E-state index contributed by atoms with van der Waals surface area (Å²) in [5, 5.41) is 6.44. The molecule has 0 bridgehead atoms. The van der Waals surface area contributed by atoms with Crippen LogP contribution < -0.4 is 16.4 Å². The lowest BCUT2D eigenvalue weighted by Crippen LogP contribution is -2.59. The molecule has 1 aliphatic carbocycles. The molecular weight excluding hydrogens is 556 g/mol. The Hall–Kier alpha value is -2.72. The molecule has 1 unspecified atom stereocenters. The zero-order valence-electron chi connectivity index (χ0n) is 25.8. The van der Waals surface area contributed by atoms with E-state index in [4.69, 9.17) is 17.3 Å². The standard InChI is InChI=1S/C31H49ClN6O4/c1-19(2)15-24-30(41)38(5)26(17-22-16-23(32)18-35-20(22)3)28(39)34-14-10-8-6-7-9-11-25(29(40)36-24)37(4)31(42)27(33)21-12-13-21/h16,18-19,21,24-27H,6-15,17,33H2,1-5H3,(H,34,39)(H,36,40)/t24?,25-,26-,27-/m0/s1. The highest BCUT2D eigenvalue weighted by atomic mass is 35.5. The lowest BCUT2D eigenvalue weighted by atomic mass is 9.98. The summed E-state index contributed by atoms with van der Waals surface area (Å²) < 4.78 is 0. The lowest BCUT2D eigenvalue weighted by Gasteiger charge is -2.34. The minimum absolute atomic E-state index is 0.0889. The molecule has 2 fully saturated rings. The molecule has 0 spiro atoms. The number of likely N-dealkylation sites (N-methyl/N-ethyl adjacent to an activating group) is 2. The van der Waals surface area contributed by atoms with Crippen LogP contribution in [0, 0.1) is 18.8 Å². The van der Waals surface area contributed by atoms with Crippen LogP contribution in [-0.2, 0) is 25.6 Å². The number of aryl methyl sites for hydroxylation is 1. The van der Waals surface area contributed by atoms with Gasteiger partial charge in [0.2, 0.25) is 23.6 Å². The van der Waals surface area contributed by atoms with Gasteiger partial charge in [-0.2, -0.15) is 0 Å². The smallest absolute Gasteiger partial charge is 0.245 e. The van der Waals surface area contributed by atoms with Gasteiger partial charge in [0.05, 0.1) is 11.1 Å². The largest absolute Gasteiger partial charge is 0.354 e. The Bertz CT molecular complexity index is 1110. The van der Waals surface area contributed by atoms with Crippen molar-refractivity contribution in [2.45, 2.75) is 109 Å². The highest BCUT2D eigenvalue weighted by Crippen LogP contribution is 2.32. The van der Waals surface area contributed by atoms with Gasteiger partial charge in [0.25, 0.3) is 0 Å². The number of hydrogen-bond donors (Lipinski definition) is 3. The number of carbonyl (C=O) groups is 4. The first-order valence-electron chi connectivity index (χ1n) is 15.4. The van der Waals surface area contributed by atoms with E-state index in [9.17, 15) is 19.2 Å². The van der Waals surface area contributed by atoms with E-state index >= 15 is 0 Å². The van der Waals surface area contributed by atoms with Crippen LogP contribution in [0.4, 0.5) is 0 Å². The lowest BCUT2D eigenvalue weighted by molar-refractivity contribution is -0.144. The molecule has 10 nitrogen and oxygen atoms in total. The summed E-state index contributed by atoms with van der Waals surface area (Å²) in [6, 6.07) is -1.28. The van der Waals surface area contributed by atoms with Crippen LogP contribution in [0.5, 0.6) is 0 Å². The van der Waals surface area contributed by atoms with Crippen molar-refractivity contribution in [3.63, 3.8) is 0 Å². The summed E-state index contributed by atoms with van der Waals surface area (Å²) in [6.07, 6.45) is 8.85. The monoisotopic (exact) mass is 604 g/mol. The second-order valence-electron chi connectivity index (χ2n) is 12.4. The molecule has 1 aromatic rings. The Labute approximate surface area is 255 Å². The zero-order chi connectivity index (χ0) is 31.0. The van der Waals surface area contributed by atoms with Gasteiger partial charge >= 0.3 is 0 Å². The first-order chi connectivity index (χ1) is 19.9. The van der Waals surface area contributed by atoms with Gasteiger partial charge in [-0.05, 0) is 62.5 Å². The molecule has 234 valence electrons. The number of halogens is 1. The number of aromatic nitrogens is 1. The van der Waals surface area contributed by atoms with Crippen molar-refractivity contribution >= 4 is 35.2 Å². The summed E-state index contributed by atoms with van der Waals surface area (Å²) in [5.41, 5.74) is 7.73. The molecule has 1 aromatic heterocycles. The van der Waals surface area contributed by atoms with E-state index in [0.717, 1.165) is 56.2 Å². The Kier molecular flexibility index (Phi) is 12.6. The van der Waals surface area contributed by atoms with Crippen molar-refractivity contribution in [2.24, 2.45) is 17.6 Å². The molecule has 4 amide bonds. The molecule has 11 heteroatoms. The predicted molar refractivity (Wildman–Crippen MR) is 164 cm³/mol. The van der Waals surface area contributed by atoms with E-state index in [1.165, 1.54) is 9.80 Å². The van der Waals surface area contributed by atoms with Crippen LogP contribution >= 0.6 is 11.6 Å². The average molecular weight is 605 g/mol. The second-order valence-corrected chi connectivity index (χ2v) is 12.9. The van der Waals surface area contributed by atoms with Crippen LogP contribution in [0.15, 0.2) is 12.3 Å². The minimum atomic E-state index is -0.868. The van der Waals surface area contributed by atoms with E-state index in [1.54, 1.807) is 26.4 Å². The summed E-state index contributed by atoms with van der Waals surface area (Å²) in [4.78, 5) is 61.8. The van der Waals surface area contributed by atoms with Crippen molar-refractivity contribution in [1.82, 2.24) is 25.4 Å². The fourth-order valence-electron chi connectivity index (χ4n) is 5.60. The molecule has 42 heavy (non-hydrogen) atoms. The van der Waals surface area contributed by atoms with Crippen LogP contribution in [0.2, 0.25) is 5.02 Å². The highest BCUT2D eigenvalue weighted by molar-refractivity contribution is 6.30. The Balaban J connectivity index is 1.91. The number of nitrogens with zero attached hydrogens (tertiary/aromatic N) is 3. The number of nitrogens with two attached hydrogens (primary N) is 1. The predicted octanol–water partition coefficient (Wildman–Crippen LogP) is 2.98. The summed E-state index contributed by atoms with van der Waals surface area (Å²) in [5.74, 6) is -0.975. The first kappa shape index (κ1) is 33.8. The number of hydrogen-bond acceptors (Lipinski definition) is 6. The third-order valence-electron chi connectivity index (χ3n) is 8.50. The molecule has 3 rings (SSSR count). The average Bonchev–Trinajstić information content (AvgIpc) is 3.79. The van der Waals surface area contributed by atoms with Crippen molar-refractivity contribution in [2.75, 3.05) is 20.6 Å². The Morgan fingerprint density at radius 1 is 1.12 bits per heavy atom. The molecule has 1 aliphatic heterocycles. The van der Waals surface area contributed by atoms with Crippen molar-refractivity contribution < 1.29 is 19.2 Å². The van der Waals surface area contributed by atoms with E-state index in [1.807, 2.05) is 20.8 Å². The summed E-state index contributed by atoms with van der Waals surface area (Å²) >= 11 is 6.22. The van der Waals surface area contributed by atoms with Crippen LogP contribution in [0.3, 0.4) is 0 Å². The van der Waals surface area contributed by atoms with Gasteiger partial charge in [0.15, 0.2) is 0 Å². The Morgan fingerprint density at radius 3 is 2.45 bits per heavy atom. The number of nitrogens with one attached hydrogen (secondary N) is 2. The topological polar surface area (TPSA) is 138 Å². The maximum atomic E-state index is 14.0. The number of carbonyl (C=O) groups excluding carboxylic acids is 4. The van der Waals surface area contributed by atoms with Crippen molar-refractivity contribution in [3.8, 4) is 0 Å². The molecule has 4 N–H and O–H groups in total. The van der Waals surface area contributed by atoms with E-state index < -0.39 is 24.2 Å². The number of pyridine rings is 1. The molecule has 0 radical (unpaired) electrons. The van der Waals surface area contributed by atoms with Crippen LogP contribution in [0.1, 0.15) is 82.9 Å². The molecule has 1 saturated heterocycles. The number of rotatable bonds is 7. The summed E-state index contributed by atoms with van der Waals surface area (Å²) in [7, 11) is 3.24.